The van der Waals surface area contributed by atoms with Crippen LogP contribution >= 0.6 is 11.6 Å². The molecule has 0 saturated carbocycles. The molecule has 0 aliphatic rings. The van der Waals surface area contributed by atoms with Crippen molar-refractivity contribution in [1.82, 2.24) is 20.2 Å². The minimum atomic E-state index is -0.833. The molecule has 0 aliphatic heterocycles. The number of tetrazole rings is 1. The van der Waals surface area contributed by atoms with Gasteiger partial charge in [-0.3, -0.25) is 4.79 Å². The molecule has 0 bridgehead atoms. The zero-order chi connectivity index (χ0) is 14.7. The van der Waals surface area contributed by atoms with Crippen LogP contribution in [0.25, 0.3) is 11.4 Å². The summed E-state index contributed by atoms with van der Waals surface area (Å²) in [5.74, 6) is -0.355. The first-order valence-electron chi connectivity index (χ1n) is 6.22. The number of rotatable bonds is 5. The summed E-state index contributed by atoms with van der Waals surface area (Å²) in [7, 11) is 0. The molecule has 6 nitrogen and oxygen atoms in total. The summed E-state index contributed by atoms with van der Waals surface area (Å²) in [6, 6.07) is 5.64. The second-order valence-electron chi connectivity index (χ2n) is 4.87. The van der Waals surface area contributed by atoms with E-state index in [-0.39, 0.29) is 12.3 Å². The molecule has 0 amide bonds. The lowest BCUT2D eigenvalue weighted by Crippen LogP contribution is -2.14. The zero-order valence-corrected chi connectivity index (χ0v) is 12.0. The van der Waals surface area contributed by atoms with E-state index in [0.717, 1.165) is 11.1 Å². The number of carbonyl (C=O) groups is 1. The molecule has 2 aromatic rings. The standard InChI is InChI=1S/C13H15ClN4O2/c1-8-3-4-10(11(14)5-8)13-15-16-17-18(13)7-9(2)6-12(19)20/h3-5,9H,6-7H2,1-2H3,(H,19,20). The Morgan fingerprint density at radius 1 is 1.50 bits per heavy atom. The number of hydrogen-bond donors (Lipinski definition) is 1. The SMILES string of the molecule is Cc1ccc(-c2nnnn2CC(C)CC(=O)O)c(Cl)c1. The second kappa shape index (κ2) is 6.00. The molecule has 2 rings (SSSR count). The molecule has 1 aromatic heterocycles. The fraction of sp³-hybridized carbons (Fsp3) is 0.385. The van der Waals surface area contributed by atoms with Gasteiger partial charge in [-0.1, -0.05) is 24.6 Å². The Kier molecular flexibility index (Phi) is 4.34. The number of nitrogens with zero attached hydrogens (tertiary/aromatic N) is 4. The lowest BCUT2D eigenvalue weighted by atomic mass is 10.1. The van der Waals surface area contributed by atoms with Crippen molar-refractivity contribution in [2.45, 2.75) is 26.8 Å². The normalized spacial score (nSPS) is 12.3. The summed E-state index contributed by atoms with van der Waals surface area (Å²) in [5.41, 5.74) is 1.79. The summed E-state index contributed by atoms with van der Waals surface area (Å²) in [6.07, 6.45) is 0.0704. The molecule has 0 radical (unpaired) electrons. The van der Waals surface area contributed by atoms with Gasteiger partial charge in [0.1, 0.15) is 0 Å². The predicted molar refractivity (Wildman–Crippen MR) is 74.4 cm³/mol. The Hall–Kier alpha value is -1.95. The van der Waals surface area contributed by atoms with Crippen LogP contribution in [0.1, 0.15) is 18.9 Å². The minimum Gasteiger partial charge on any atom is -0.481 e. The Balaban J connectivity index is 2.26. The first-order chi connectivity index (χ1) is 9.47. The van der Waals surface area contributed by atoms with Gasteiger partial charge in [-0.15, -0.1) is 5.10 Å². The molecule has 1 atom stereocenters. The molecule has 0 saturated heterocycles. The van der Waals surface area contributed by atoms with Crippen LogP contribution in [0.2, 0.25) is 5.02 Å². The predicted octanol–water partition coefficient (Wildman–Crippen LogP) is 2.41. The van der Waals surface area contributed by atoms with E-state index in [4.69, 9.17) is 16.7 Å². The molecule has 20 heavy (non-hydrogen) atoms. The Bertz CT molecular complexity index is 627. The monoisotopic (exact) mass is 294 g/mol. The maximum absolute atomic E-state index is 10.7. The van der Waals surface area contributed by atoms with E-state index < -0.39 is 5.97 Å². The van der Waals surface area contributed by atoms with Crippen molar-refractivity contribution in [3.63, 3.8) is 0 Å². The average Bonchev–Trinajstić information content (AvgIpc) is 2.75. The van der Waals surface area contributed by atoms with Crippen LogP contribution < -0.4 is 0 Å². The topological polar surface area (TPSA) is 80.9 Å². The Labute approximate surface area is 121 Å². The van der Waals surface area contributed by atoms with Crippen molar-refractivity contribution in [3.05, 3.63) is 28.8 Å². The smallest absolute Gasteiger partial charge is 0.303 e. The summed E-state index contributed by atoms with van der Waals surface area (Å²) in [4.78, 5) is 10.7. The highest BCUT2D eigenvalue weighted by Crippen LogP contribution is 2.27. The van der Waals surface area contributed by atoms with Gasteiger partial charge in [-0.2, -0.15) is 0 Å². The molecule has 7 heteroatoms. The van der Waals surface area contributed by atoms with Crippen LogP contribution in [0.4, 0.5) is 0 Å². The molecule has 0 fully saturated rings. The third-order valence-electron chi connectivity index (χ3n) is 2.91. The summed E-state index contributed by atoms with van der Waals surface area (Å²) in [5, 5.41) is 20.9. The number of aliphatic carboxylic acids is 1. The largest absolute Gasteiger partial charge is 0.481 e. The van der Waals surface area contributed by atoms with Crippen LogP contribution in [-0.4, -0.2) is 31.3 Å². The van der Waals surface area contributed by atoms with E-state index >= 15 is 0 Å². The highest BCUT2D eigenvalue weighted by Gasteiger charge is 2.16. The van der Waals surface area contributed by atoms with Crippen molar-refractivity contribution < 1.29 is 9.90 Å². The van der Waals surface area contributed by atoms with Gasteiger partial charge in [0.15, 0.2) is 5.82 Å². The minimum absolute atomic E-state index is 0.0704. The van der Waals surface area contributed by atoms with Crippen molar-refractivity contribution in [3.8, 4) is 11.4 Å². The molecular formula is C13H15ClN4O2. The van der Waals surface area contributed by atoms with E-state index in [0.29, 0.717) is 17.4 Å². The number of aromatic nitrogens is 4. The van der Waals surface area contributed by atoms with Gasteiger partial charge < -0.3 is 5.11 Å². The van der Waals surface area contributed by atoms with E-state index in [1.54, 1.807) is 4.68 Å². The number of carboxylic acid groups (broad SMARTS) is 1. The number of benzene rings is 1. The van der Waals surface area contributed by atoms with Crippen molar-refractivity contribution >= 4 is 17.6 Å². The van der Waals surface area contributed by atoms with Gasteiger partial charge in [0, 0.05) is 18.5 Å². The second-order valence-corrected chi connectivity index (χ2v) is 5.28. The van der Waals surface area contributed by atoms with E-state index in [2.05, 4.69) is 15.5 Å². The summed E-state index contributed by atoms with van der Waals surface area (Å²) in [6.45, 7) is 4.22. The van der Waals surface area contributed by atoms with Crippen molar-refractivity contribution in [2.75, 3.05) is 0 Å². The first kappa shape index (κ1) is 14.5. The number of halogens is 1. The third kappa shape index (κ3) is 3.33. The van der Waals surface area contributed by atoms with Crippen LogP contribution in [0.5, 0.6) is 0 Å². The lowest BCUT2D eigenvalue weighted by Gasteiger charge is -2.10. The molecule has 0 aliphatic carbocycles. The zero-order valence-electron chi connectivity index (χ0n) is 11.2. The van der Waals surface area contributed by atoms with E-state index in [1.165, 1.54) is 0 Å². The van der Waals surface area contributed by atoms with Gasteiger partial charge in [0.2, 0.25) is 0 Å². The summed E-state index contributed by atoms with van der Waals surface area (Å²) >= 11 is 6.21. The number of hydrogen-bond acceptors (Lipinski definition) is 4. The maximum atomic E-state index is 10.7. The fourth-order valence-corrected chi connectivity index (χ4v) is 2.30. The third-order valence-corrected chi connectivity index (χ3v) is 3.22. The average molecular weight is 295 g/mol. The first-order valence-corrected chi connectivity index (χ1v) is 6.59. The van der Waals surface area contributed by atoms with Crippen molar-refractivity contribution in [2.24, 2.45) is 5.92 Å². The quantitative estimate of drug-likeness (QED) is 0.916. The van der Waals surface area contributed by atoms with Crippen LogP contribution in [0.3, 0.4) is 0 Å². The maximum Gasteiger partial charge on any atom is 0.303 e. The molecule has 1 N–H and O–H groups in total. The van der Waals surface area contributed by atoms with E-state index in [1.807, 2.05) is 32.0 Å². The van der Waals surface area contributed by atoms with Gasteiger partial charge in [-0.25, -0.2) is 4.68 Å². The molecule has 1 unspecified atom stereocenters. The Morgan fingerprint density at radius 3 is 2.90 bits per heavy atom. The summed E-state index contributed by atoms with van der Waals surface area (Å²) < 4.78 is 1.59. The Morgan fingerprint density at radius 2 is 2.25 bits per heavy atom. The lowest BCUT2D eigenvalue weighted by molar-refractivity contribution is -0.138. The fourth-order valence-electron chi connectivity index (χ4n) is 1.98. The van der Waals surface area contributed by atoms with Gasteiger partial charge >= 0.3 is 5.97 Å². The van der Waals surface area contributed by atoms with Gasteiger partial charge in [0.05, 0.1) is 5.02 Å². The van der Waals surface area contributed by atoms with Crippen LogP contribution in [0, 0.1) is 12.8 Å². The van der Waals surface area contributed by atoms with Gasteiger partial charge in [0.25, 0.3) is 0 Å². The van der Waals surface area contributed by atoms with Gasteiger partial charge in [-0.05, 0) is 41.0 Å². The highest BCUT2D eigenvalue weighted by atomic mass is 35.5. The molecule has 0 spiro atoms. The van der Waals surface area contributed by atoms with E-state index in [9.17, 15) is 4.79 Å². The number of aryl methyl sites for hydroxylation is 1. The molecule has 1 aromatic carbocycles. The highest BCUT2D eigenvalue weighted by molar-refractivity contribution is 6.33. The number of carboxylic acids is 1. The van der Waals surface area contributed by atoms with Crippen LogP contribution in [0.15, 0.2) is 18.2 Å². The van der Waals surface area contributed by atoms with Crippen LogP contribution in [-0.2, 0) is 11.3 Å². The molecule has 106 valence electrons. The molecular weight excluding hydrogens is 280 g/mol. The van der Waals surface area contributed by atoms with Crippen molar-refractivity contribution in [1.29, 1.82) is 0 Å². The molecule has 1 heterocycles.